The Labute approximate surface area is 126 Å². The summed E-state index contributed by atoms with van der Waals surface area (Å²) in [6, 6.07) is 6.46. The van der Waals surface area contributed by atoms with Crippen LogP contribution in [-0.2, 0) is 19.6 Å². The molecule has 0 aliphatic heterocycles. The third-order valence-corrected chi connectivity index (χ3v) is 4.45. The van der Waals surface area contributed by atoms with Gasteiger partial charge >= 0.3 is 5.97 Å². The largest absolute Gasteiger partial charge is 0.468 e. The van der Waals surface area contributed by atoms with Crippen LogP contribution in [-0.4, -0.2) is 41.1 Å². The zero-order chi connectivity index (χ0) is 15.9. The molecule has 0 fully saturated rings. The third kappa shape index (κ3) is 5.02. The first kappa shape index (κ1) is 17.5. The molecule has 0 aliphatic rings. The lowest BCUT2D eigenvalue weighted by Gasteiger charge is -2.23. The van der Waals surface area contributed by atoms with Gasteiger partial charge in [0.15, 0.2) is 0 Å². The quantitative estimate of drug-likeness (QED) is 0.734. The standard InChI is InChI=1S/C14H22N2O4S/c1-4-10-16(11-14(17)20-3)12-6-8-13(9-7-12)21(18,19)15-5-2/h6-9,15H,4-5,10-11H2,1-3H3. The number of benzene rings is 1. The summed E-state index contributed by atoms with van der Waals surface area (Å²) in [7, 11) is -2.11. The molecule has 0 radical (unpaired) electrons. The number of anilines is 1. The van der Waals surface area contributed by atoms with Gasteiger partial charge in [-0.25, -0.2) is 13.1 Å². The van der Waals surface area contributed by atoms with Crippen molar-refractivity contribution < 1.29 is 17.9 Å². The Morgan fingerprint density at radius 2 is 1.86 bits per heavy atom. The third-order valence-electron chi connectivity index (χ3n) is 2.89. The number of methoxy groups -OCH3 is 1. The summed E-state index contributed by atoms with van der Waals surface area (Å²) in [5.74, 6) is -0.326. The van der Waals surface area contributed by atoms with Crippen molar-refractivity contribution in [3.8, 4) is 0 Å². The predicted octanol–water partition coefficient (Wildman–Crippen LogP) is 1.37. The Kier molecular flexibility index (Phi) is 6.64. The second-order valence-corrected chi connectivity index (χ2v) is 6.26. The number of carbonyl (C=O) groups is 1. The highest BCUT2D eigenvalue weighted by Gasteiger charge is 2.15. The highest BCUT2D eigenvalue weighted by atomic mass is 32.2. The van der Waals surface area contributed by atoms with E-state index in [9.17, 15) is 13.2 Å². The van der Waals surface area contributed by atoms with Crippen molar-refractivity contribution in [2.24, 2.45) is 0 Å². The average Bonchev–Trinajstić information content (AvgIpc) is 2.46. The Morgan fingerprint density at radius 1 is 1.24 bits per heavy atom. The fraction of sp³-hybridized carbons (Fsp3) is 0.500. The van der Waals surface area contributed by atoms with Crippen molar-refractivity contribution >= 4 is 21.7 Å². The lowest BCUT2D eigenvalue weighted by atomic mass is 10.2. The number of rotatable bonds is 8. The van der Waals surface area contributed by atoms with Crippen LogP contribution in [0.2, 0.25) is 0 Å². The van der Waals surface area contributed by atoms with E-state index in [2.05, 4.69) is 9.46 Å². The molecule has 0 atom stereocenters. The van der Waals surface area contributed by atoms with Gasteiger partial charge < -0.3 is 9.64 Å². The van der Waals surface area contributed by atoms with E-state index >= 15 is 0 Å². The molecule has 21 heavy (non-hydrogen) atoms. The number of carbonyl (C=O) groups excluding carboxylic acids is 1. The van der Waals surface area contributed by atoms with Crippen molar-refractivity contribution in [2.45, 2.75) is 25.2 Å². The van der Waals surface area contributed by atoms with Gasteiger partial charge in [-0.2, -0.15) is 0 Å². The number of sulfonamides is 1. The minimum absolute atomic E-state index is 0.143. The van der Waals surface area contributed by atoms with Gasteiger partial charge in [0.25, 0.3) is 0 Å². The number of nitrogens with zero attached hydrogens (tertiary/aromatic N) is 1. The van der Waals surface area contributed by atoms with Gasteiger partial charge in [-0.15, -0.1) is 0 Å². The van der Waals surface area contributed by atoms with E-state index in [1.165, 1.54) is 19.2 Å². The van der Waals surface area contributed by atoms with E-state index in [1.54, 1.807) is 19.1 Å². The Bertz CT molecular complexity index is 555. The highest BCUT2D eigenvalue weighted by Crippen LogP contribution is 2.18. The minimum atomic E-state index is -3.45. The Balaban J connectivity index is 2.95. The van der Waals surface area contributed by atoms with Gasteiger partial charge in [-0.05, 0) is 30.7 Å². The van der Waals surface area contributed by atoms with Crippen molar-refractivity contribution in [1.82, 2.24) is 4.72 Å². The van der Waals surface area contributed by atoms with Gasteiger partial charge in [0.2, 0.25) is 10.0 Å². The number of hydrogen-bond donors (Lipinski definition) is 1. The van der Waals surface area contributed by atoms with Crippen molar-refractivity contribution in [3.05, 3.63) is 24.3 Å². The summed E-state index contributed by atoms with van der Waals surface area (Å²) in [6.07, 6.45) is 0.869. The molecule has 0 unspecified atom stereocenters. The van der Waals surface area contributed by atoms with Gasteiger partial charge in [-0.1, -0.05) is 13.8 Å². The van der Waals surface area contributed by atoms with Crippen LogP contribution in [0.5, 0.6) is 0 Å². The first-order valence-electron chi connectivity index (χ1n) is 6.86. The molecule has 0 saturated heterocycles. The number of esters is 1. The summed E-state index contributed by atoms with van der Waals surface area (Å²) in [5, 5.41) is 0. The maximum absolute atomic E-state index is 11.9. The van der Waals surface area contributed by atoms with Gasteiger partial charge in [0.1, 0.15) is 6.54 Å². The van der Waals surface area contributed by atoms with Crippen LogP contribution in [0.25, 0.3) is 0 Å². The van der Waals surface area contributed by atoms with E-state index in [-0.39, 0.29) is 17.4 Å². The average molecular weight is 314 g/mol. The Morgan fingerprint density at radius 3 is 2.33 bits per heavy atom. The van der Waals surface area contributed by atoms with E-state index in [0.29, 0.717) is 13.1 Å². The van der Waals surface area contributed by atoms with Crippen LogP contribution in [0.15, 0.2) is 29.2 Å². The van der Waals surface area contributed by atoms with E-state index in [4.69, 9.17) is 0 Å². The zero-order valence-electron chi connectivity index (χ0n) is 12.6. The monoisotopic (exact) mass is 314 g/mol. The summed E-state index contributed by atoms with van der Waals surface area (Å²) in [6.45, 7) is 4.91. The van der Waals surface area contributed by atoms with E-state index in [1.807, 2.05) is 11.8 Å². The molecule has 0 aromatic heterocycles. The normalized spacial score (nSPS) is 11.2. The van der Waals surface area contributed by atoms with Crippen LogP contribution < -0.4 is 9.62 Å². The smallest absolute Gasteiger partial charge is 0.325 e. The molecule has 1 aromatic rings. The lowest BCUT2D eigenvalue weighted by Crippen LogP contribution is -2.31. The van der Waals surface area contributed by atoms with E-state index < -0.39 is 10.0 Å². The topological polar surface area (TPSA) is 75.7 Å². The van der Waals surface area contributed by atoms with Gasteiger partial charge in [0.05, 0.1) is 12.0 Å². The molecule has 6 nitrogen and oxygen atoms in total. The highest BCUT2D eigenvalue weighted by molar-refractivity contribution is 7.89. The molecule has 0 bridgehead atoms. The summed E-state index contributed by atoms with van der Waals surface area (Å²) >= 11 is 0. The first-order valence-corrected chi connectivity index (χ1v) is 8.34. The van der Waals surface area contributed by atoms with Crippen LogP contribution in [0, 0.1) is 0 Å². The maximum atomic E-state index is 11.9. The molecule has 7 heteroatoms. The second-order valence-electron chi connectivity index (χ2n) is 4.49. The van der Waals surface area contributed by atoms with Gasteiger partial charge in [0, 0.05) is 18.8 Å². The van der Waals surface area contributed by atoms with Crippen LogP contribution >= 0.6 is 0 Å². The van der Waals surface area contributed by atoms with Crippen molar-refractivity contribution in [3.63, 3.8) is 0 Å². The molecule has 0 heterocycles. The first-order chi connectivity index (χ1) is 9.94. The molecule has 1 aromatic carbocycles. The SMILES string of the molecule is CCCN(CC(=O)OC)c1ccc(S(=O)(=O)NCC)cc1. The second kappa shape index (κ2) is 7.99. The molecule has 0 amide bonds. The van der Waals surface area contributed by atoms with Crippen LogP contribution in [0.3, 0.4) is 0 Å². The van der Waals surface area contributed by atoms with Crippen molar-refractivity contribution in [2.75, 3.05) is 31.6 Å². The molecule has 1 rings (SSSR count). The number of ether oxygens (including phenoxy) is 1. The molecular formula is C14H22N2O4S. The van der Waals surface area contributed by atoms with Gasteiger partial charge in [-0.3, -0.25) is 4.79 Å². The summed E-state index contributed by atoms with van der Waals surface area (Å²) in [5.41, 5.74) is 0.790. The van der Waals surface area contributed by atoms with Crippen LogP contribution in [0.4, 0.5) is 5.69 Å². The summed E-state index contributed by atoms with van der Waals surface area (Å²) < 4.78 is 30.8. The zero-order valence-corrected chi connectivity index (χ0v) is 13.4. The maximum Gasteiger partial charge on any atom is 0.325 e. The molecule has 0 aliphatic carbocycles. The number of nitrogens with one attached hydrogen (secondary N) is 1. The molecular weight excluding hydrogens is 292 g/mol. The van der Waals surface area contributed by atoms with Crippen molar-refractivity contribution in [1.29, 1.82) is 0 Å². The minimum Gasteiger partial charge on any atom is -0.468 e. The summed E-state index contributed by atoms with van der Waals surface area (Å²) in [4.78, 5) is 13.5. The fourth-order valence-electron chi connectivity index (χ4n) is 1.90. The lowest BCUT2D eigenvalue weighted by molar-refractivity contribution is -0.138. The Hall–Kier alpha value is -1.60. The fourth-order valence-corrected chi connectivity index (χ4v) is 2.94. The molecule has 0 spiro atoms. The molecule has 0 saturated carbocycles. The molecule has 118 valence electrons. The molecule has 1 N–H and O–H groups in total. The van der Waals surface area contributed by atoms with E-state index in [0.717, 1.165) is 12.1 Å². The van der Waals surface area contributed by atoms with Crippen LogP contribution in [0.1, 0.15) is 20.3 Å². The number of hydrogen-bond acceptors (Lipinski definition) is 5. The predicted molar refractivity (Wildman–Crippen MR) is 81.8 cm³/mol.